The highest BCUT2D eigenvalue weighted by Gasteiger charge is 2.05. The van der Waals surface area contributed by atoms with Gasteiger partial charge in [-0.1, -0.05) is 0 Å². The van der Waals surface area contributed by atoms with Crippen molar-refractivity contribution in [1.82, 2.24) is 4.98 Å². The molecule has 0 aliphatic rings. The van der Waals surface area contributed by atoms with Crippen LogP contribution in [0, 0.1) is 5.82 Å². The van der Waals surface area contributed by atoms with Gasteiger partial charge < -0.3 is 16.6 Å². The Morgan fingerprint density at radius 2 is 2.33 bits per heavy atom. The van der Waals surface area contributed by atoms with E-state index in [9.17, 15) is 9.50 Å². The average molecular weight is 211 g/mol. The smallest absolute Gasteiger partial charge is 0.141 e. The van der Waals surface area contributed by atoms with E-state index >= 15 is 0 Å². The van der Waals surface area contributed by atoms with E-state index in [1.165, 1.54) is 18.2 Å². The second-order valence-corrected chi connectivity index (χ2v) is 3.12. The molecule has 1 aromatic rings. The monoisotopic (exact) mass is 211 g/mol. The van der Waals surface area contributed by atoms with E-state index in [1.54, 1.807) is 0 Å². The highest BCUT2D eigenvalue weighted by atomic mass is 19.1. The average Bonchev–Trinajstić information content (AvgIpc) is 2.18. The van der Waals surface area contributed by atoms with Gasteiger partial charge in [-0.2, -0.15) is 0 Å². The summed E-state index contributed by atoms with van der Waals surface area (Å²) in [5.74, 6) is -0.294. The molecular formula is C10H14FN3O. The number of aliphatic hydroxyl groups excluding tert-OH is 1. The lowest BCUT2D eigenvalue weighted by molar-refractivity contribution is 0.385. The zero-order valence-corrected chi connectivity index (χ0v) is 8.23. The van der Waals surface area contributed by atoms with Crippen LogP contribution < -0.4 is 11.5 Å². The third-order valence-corrected chi connectivity index (χ3v) is 1.86. The van der Waals surface area contributed by atoms with Crippen molar-refractivity contribution in [2.45, 2.75) is 12.5 Å². The van der Waals surface area contributed by atoms with E-state index in [-0.39, 0.29) is 5.76 Å². The predicted molar refractivity (Wildman–Crippen MR) is 55.5 cm³/mol. The second-order valence-electron chi connectivity index (χ2n) is 3.12. The first kappa shape index (κ1) is 11.6. The van der Waals surface area contributed by atoms with Crippen molar-refractivity contribution in [1.29, 1.82) is 0 Å². The van der Waals surface area contributed by atoms with Crippen LogP contribution in [0.4, 0.5) is 4.39 Å². The number of nitrogens with two attached hydrogens (primary N) is 2. The van der Waals surface area contributed by atoms with Crippen LogP contribution in [-0.4, -0.2) is 16.6 Å². The third kappa shape index (κ3) is 3.65. The zero-order valence-electron chi connectivity index (χ0n) is 8.23. The van der Waals surface area contributed by atoms with Gasteiger partial charge in [0.2, 0.25) is 0 Å². The van der Waals surface area contributed by atoms with Crippen LogP contribution >= 0.6 is 0 Å². The normalized spacial score (nSPS) is 13.9. The molecule has 1 heterocycles. The molecule has 0 aromatic carbocycles. The number of rotatable bonds is 4. The maximum Gasteiger partial charge on any atom is 0.141 e. The summed E-state index contributed by atoms with van der Waals surface area (Å²) in [6.07, 6.45) is 2.91. The van der Waals surface area contributed by atoms with Gasteiger partial charge in [0.25, 0.3) is 0 Å². The Hall–Kier alpha value is -1.46. The molecule has 5 N–H and O–H groups in total. The maximum atomic E-state index is 12.5. The van der Waals surface area contributed by atoms with Crippen molar-refractivity contribution >= 4 is 0 Å². The summed E-state index contributed by atoms with van der Waals surface area (Å²) in [6.45, 7) is 0.353. The summed E-state index contributed by atoms with van der Waals surface area (Å²) in [7, 11) is 0. The largest absolute Gasteiger partial charge is 0.513 e. The molecule has 0 spiro atoms. The molecule has 0 radical (unpaired) electrons. The van der Waals surface area contributed by atoms with Crippen molar-refractivity contribution in [3.8, 4) is 0 Å². The van der Waals surface area contributed by atoms with Crippen LogP contribution in [0.1, 0.15) is 18.2 Å². The standard InChI is InChI=1S/C10H14FN3O/c11-7-1-2-10(14-6-7)9(13)5-8(15)3-4-12/h1-2,5-6,9,15H,3-4,12-13H2/b8-5-. The van der Waals surface area contributed by atoms with Gasteiger partial charge in [-0.15, -0.1) is 0 Å². The topological polar surface area (TPSA) is 85.2 Å². The van der Waals surface area contributed by atoms with Gasteiger partial charge in [0, 0.05) is 6.42 Å². The van der Waals surface area contributed by atoms with Crippen LogP contribution in [0.2, 0.25) is 0 Å². The number of hydrogen-bond acceptors (Lipinski definition) is 4. The Morgan fingerprint density at radius 3 is 2.87 bits per heavy atom. The highest BCUT2D eigenvalue weighted by Crippen LogP contribution is 2.11. The fraction of sp³-hybridized carbons (Fsp3) is 0.300. The van der Waals surface area contributed by atoms with Gasteiger partial charge in [-0.3, -0.25) is 4.98 Å². The molecule has 4 nitrogen and oxygen atoms in total. The zero-order chi connectivity index (χ0) is 11.3. The van der Waals surface area contributed by atoms with Crippen molar-refractivity contribution < 1.29 is 9.50 Å². The Balaban J connectivity index is 2.72. The van der Waals surface area contributed by atoms with Gasteiger partial charge in [-0.05, 0) is 24.8 Å². The molecule has 0 saturated heterocycles. The molecule has 0 fully saturated rings. The van der Waals surface area contributed by atoms with Crippen molar-refractivity contribution in [2.75, 3.05) is 6.54 Å². The molecule has 5 heteroatoms. The van der Waals surface area contributed by atoms with E-state index in [4.69, 9.17) is 11.5 Å². The van der Waals surface area contributed by atoms with Gasteiger partial charge in [-0.25, -0.2) is 4.39 Å². The van der Waals surface area contributed by atoms with Crippen molar-refractivity contribution in [3.63, 3.8) is 0 Å². The minimum Gasteiger partial charge on any atom is -0.513 e. The third-order valence-electron chi connectivity index (χ3n) is 1.86. The fourth-order valence-electron chi connectivity index (χ4n) is 1.11. The molecule has 1 atom stereocenters. The molecule has 82 valence electrons. The second kappa shape index (κ2) is 5.43. The molecule has 0 amide bonds. The molecule has 0 bridgehead atoms. The van der Waals surface area contributed by atoms with Crippen molar-refractivity contribution in [2.24, 2.45) is 11.5 Å². The molecule has 15 heavy (non-hydrogen) atoms. The lowest BCUT2D eigenvalue weighted by Crippen LogP contribution is -2.11. The van der Waals surface area contributed by atoms with E-state index in [1.807, 2.05) is 0 Å². The number of halogens is 1. The summed E-state index contributed by atoms with van der Waals surface area (Å²) in [4.78, 5) is 3.80. The molecule has 0 aliphatic heterocycles. The highest BCUT2D eigenvalue weighted by molar-refractivity contribution is 5.15. The van der Waals surface area contributed by atoms with E-state index in [0.29, 0.717) is 18.7 Å². The Labute approximate surface area is 87.4 Å². The molecule has 1 unspecified atom stereocenters. The minimum absolute atomic E-state index is 0.121. The first-order chi connectivity index (χ1) is 7.13. The van der Waals surface area contributed by atoms with Crippen LogP contribution in [-0.2, 0) is 0 Å². The molecule has 0 aliphatic carbocycles. The van der Waals surface area contributed by atoms with Gasteiger partial charge >= 0.3 is 0 Å². The van der Waals surface area contributed by atoms with Gasteiger partial charge in [0.15, 0.2) is 0 Å². The molecule has 0 saturated carbocycles. The molecule has 1 rings (SSSR count). The van der Waals surface area contributed by atoms with E-state index in [2.05, 4.69) is 4.98 Å². The quantitative estimate of drug-likeness (QED) is 0.649. The van der Waals surface area contributed by atoms with Gasteiger partial charge in [0.1, 0.15) is 5.82 Å². The predicted octanol–water partition coefficient (Wildman–Crippen LogP) is 1.01. The lowest BCUT2D eigenvalue weighted by Gasteiger charge is -2.06. The Morgan fingerprint density at radius 1 is 1.60 bits per heavy atom. The Bertz CT molecular complexity index is 337. The summed E-state index contributed by atoms with van der Waals surface area (Å²) in [6, 6.07) is 2.21. The number of hydrogen-bond donors (Lipinski definition) is 3. The van der Waals surface area contributed by atoms with Crippen LogP contribution in [0.5, 0.6) is 0 Å². The molecular weight excluding hydrogens is 197 g/mol. The molecule has 1 aromatic heterocycles. The number of pyridine rings is 1. The van der Waals surface area contributed by atoms with Crippen molar-refractivity contribution in [3.05, 3.63) is 41.7 Å². The van der Waals surface area contributed by atoms with Crippen LogP contribution in [0.3, 0.4) is 0 Å². The fourth-order valence-corrected chi connectivity index (χ4v) is 1.11. The SMILES string of the molecule is NCC/C(O)=C/C(N)c1ccc(F)cn1. The van der Waals surface area contributed by atoms with Crippen LogP contribution in [0.25, 0.3) is 0 Å². The van der Waals surface area contributed by atoms with Crippen LogP contribution in [0.15, 0.2) is 30.2 Å². The number of aromatic nitrogens is 1. The summed E-state index contributed by atoms with van der Waals surface area (Å²) in [5.41, 5.74) is 11.5. The minimum atomic E-state index is -0.544. The summed E-state index contributed by atoms with van der Waals surface area (Å²) in [5, 5.41) is 9.33. The summed E-state index contributed by atoms with van der Waals surface area (Å²) < 4.78 is 12.5. The van der Waals surface area contributed by atoms with Gasteiger partial charge in [0.05, 0.1) is 23.7 Å². The van der Waals surface area contributed by atoms with E-state index in [0.717, 1.165) is 6.20 Å². The number of nitrogens with zero attached hydrogens (tertiary/aromatic N) is 1. The summed E-state index contributed by atoms with van der Waals surface area (Å²) >= 11 is 0. The number of aliphatic hydroxyl groups is 1. The Kier molecular flexibility index (Phi) is 4.20. The first-order valence-corrected chi connectivity index (χ1v) is 4.60. The first-order valence-electron chi connectivity index (χ1n) is 4.60. The maximum absolute atomic E-state index is 12.5. The lowest BCUT2D eigenvalue weighted by atomic mass is 10.1. The van der Waals surface area contributed by atoms with E-state index < -0.39 is 11.9 Å².